The number of carbonyl (C=O) groups excluding carboxylic acids is 1. The molecule has 21 heavy (non-hydrogen) atoms. The number of hydrogen-bond donors (Lipinski definition) is 1. The zero-order valence-electron chi connectivity index (χ0n) is 14.0. The minimum absolute atomic E-state index is 0.0215. The average molecular weight is 293 g/mol. The van der Waals surface area contributed by atoms with Crippen LogP contribution in [0.3, 0.4) is 0 Å². The maximum Gasteiger partial charge on any atom is 0.228 e. The molecule has 1 amide bonds. The molecule has 1 aliphatic rings. The lowest BCUT2D eigenvalue weighted by molar-refractivity contribution is -0.146. The van der Waals surface area contributed by atoms with E-state index in [4.69, 9.17) is 0 Å². The van der Waals surface area contributed by atoms with Crippen molar-refractivity contribution in [1.29, 1.82) is 0 Å². The Kier molecular flexibility index (Phi) is 4.08. The summed E-state index contributed by atoms with van der Waals surface area (Å²) in [6.07, 6.45) is 2.07. The van der Waals surface area contributed by atoms with Crippen LogP contribution in [-0.4, -0.2) is 45.0 Å². The molecule has 1 N–H and O–H groups in total. The summed E-state index contributed by atoms with van der Waals surface area (Å²) in [6.45, 7) is 11.4. The van der Waals surface area contributed by atoms with Crippen LogP contribution >= 0.6 is 0 Å². The van der Waals surface area contributed by atoms with E-state index in [9.17, 15) is 4.79 Å². The van der Waals surface area contributed by atoms with Crippen LogP contribution in [0.4, 0.5) is 0 Å². The highest BCUT2D eigenvalue weighted by Crippen LogP contribution is 2.56. The number of aromatic amines is 1. The van der Waals surface area contributed by atoms with Crippen molar-refractivity contribution in [3.05, 3.63) is 5.82 Å². The Bertz CT molecular complexity index is 498. The minimum Gasteiger partial charge on any atom is -0.345 e. The molecule has 6 nitrogen and oxygen atoms in total. The SMILES string of the molecule is CC(CN(C)C(=O)[C@]1(C)CC[C@H](C)C1(C)C)c1nn[nH]n1. The molecular formula is C15H27N5O. The van der Waals surface area contributed by atoms with Crippen molar-refractivity contribution >= 4 is 5.91 Å². The van der Waals surface area contributed by atoms with Gasteiger partial charge in [-0.1, -0.05) is 39.8 Å². The smallest absolute Gasteiger partial charge is 0.228 e. The van der Waals surface area contributed by atoms with Gasteiger partial charge in [-0.25, -0.2) is 0 Å². The standard InChI is InChI=1S/C15H27N5O/c1-10(12-16-18-19-17-12)9-20(6)13(21)15(5)8-7-11(2)14(15,3)4/h10-11H,7-9H2,1-6H3,(H,16,17,18,19)/t10?,11-,15-/m0/s1. The van der Waals surface area contributed by atoms with Crippen LogP contribution in [0.15, 0.2) is 0 Å². The first-order valence-electron chi connectivity index (χ1n) is 7.69. The number of rotatable bonds is 4. The maximum atomic E-state index is 13.0. The summed E-state index contributed by atoms with van der Waals surface area (Å²) in [5, 5.41) is 14.0. The van der Waals surface area contributed by atoms with Crippen LogP contribution in [0.2, 0.25) is 0 Å². The Morgan fingerprint density at radius 2 is 2.14 bits per heavy atom. The first kappa shape index (κ1) is 15.9. The molecule has 1 aromatic heterocycles. The average Bonchev–Trinajstić information content (AvgIpc) is 3.02. The predicted molar refractivity (Wildman–Crippen MR) is 80.5 cm³/mol. The fourth-order valence-electron chi connectivity index (χ4n) is 3.49. The largest absolute Gasteiger partial charge is 0.345 e. The quantitative estimate of drug-likeness (QED) is 0.923. The molecule has 0 aliphatic heterocycles. The summed E-state index contributed by atoms with van der Waals surface area (Å²) in [5.41, 5.74) is -0.272. The Balaban J connectivity index is 2.09. The van der Waals surface area contributed by atoms with Crippen LogP contribution in [0.1, 0.15) is 59.2 Å². The molecule has 6 heteroatoms. The fraction of sp³-hybridized carbons (Fsp3) is 0.867. The van der Waals surface area contributed by atoms with E-state index >= 15 is 0 Å². The Hall–Kier alpha value is -1.46. The molecule has 0 spiro atoms. The summed E-state index contributed by atoms with van der Waals surface area (Å²) < 4.78 is 0. The fourth-order valence-corrected chi connectivity index (χ4v) is 3.49. The second-order valence-corrected chi connectivity index (χ2v) is 7.35. The molecule has 1 unspecified atom stereocenters. The zero-order valence-corrected chi connectivity index (χ0v) is 14.0. The van der Waals surface area contributed by atoms with Gasteiger partial charge in [0.2, 0.25) is 5.91 Å². The number of carbonyl (C=O) groups is 1. The predicted octanol–water partition coefficient (Wildman–Crippen LogP) is 2.22. The van der Waals surface area contributed by atoms with Crippen molar-refractivity contribution in [3.63, 3.8) is 0 Å². The van der Waals surface area contributed by atoms with E-state index < -0.39 is 0 Å². The molecule has 118 valence electrons. The van der Waals surface area contributed by atoms with Crippen LogP contribution in [0.25, 0.3) is 0 Å². The van der Waals surface area contributed by atoms with Gasteiger partial charge in [-0.2, -0.15) is 5.21 Å². The topological polar surface area (TPSA) is 74.8 Å². The van der Waals surface area contributed by atoms with Crippen molar-refractivity contribution in [3.8, 4) is 0 Å². The van der Waals surface area contributed by atoms with E-state index in [0.717, 1.165) is 12.8 Å². The van der Waals surface area contributed by atoms with Gasteiger partial charge >= 0.3 is 0 Å². The van der Waals surface area contributed by atoms with Gasteiger partial charge in [-0.15, -0.1) is 10.2 Å². The normalized spacial score (nSPS) is 29.3. The van der Waals surface area contributed by atoms with Crippen LogP contribution in [0, 0.1) is 16.7 Å². The minimum atomic E-state index is -0.294. The number of tetrazole rings is 1. The van der Waals surface area contributed by atoms with Gasteiger partial charge in [-0.3, -0.25) is 4.79 Å². The second-order valence-electron chi connectivity index (χ2n) is 7.35. The Morgan fingerprint density at radius 1 is 1.48 bits per heavy atom. The number of amides is 1. The third-order valence-electron chi connectivity index (χ3n) is 5.90. The van der Waals surface area contributed by atoms with Crippen LogP contribution in [-0.2, 0) is 4.79 Å². The third kappa shape index (κ3) is 2.56. The molecule has 1 fully saturated rings. The zero-order chi connectivity index (χ0) is 15.8. The van der Waals surface area contributed by atoms with Gasteiger partial charge in [0.25, 0.3) is 0 Å². The molecule has 1 aromatic rings. The molecule has 1 heterocycles. The van der Waals surface area contributed by atoms with Crippen LogP contribution < -0.4 is 0 Å². The van der Waals surface area contributed by atoms with Crippen molar-refractivity contribution < 1.29 is 4.79 Å². The van der Waals surface area contributed by atoms with Gasteiger partial charge in [0.15, 0.2) is 5.82 Å². The highest BCUT2D eigenvalue weighted by atomic mass is 16.2. The molecule has 0 saturated heterocycles. The summed E-state index contributed by atoms with van der Waals surface area (Å²) >= 11 is 0. The monoisotopic (exact) mass is 293 g/mol. The molecule has 1 saturated carbocycles. The summed E-state index contributed by atoms with van der Waals surface area (Å²) in [5.74, 6) is 1.52. The maximum absolute atomic E-state index is 13.0. The lowest BCUT2D eigenvalue weighted by Crippen LogP contribution is -2.48. The molecule has 3 atom stereocenters. The highest BCUT2D eigenvalue weighted by molar-refractivity contribution is 5.83. The lowest BCUT2D eigenvalue weighted by Gasteiger charge is -2.42. The van der Waals surface area contributed by atoms with E-state index in [1.54, 1.807) is 0 Å². The van der Waals surface area contributed by atoms with Gasteiger partial charge in [0.05, 0.1) is 5.41 Å². The van der Waals surface area contributed by atoms with E-state index in [1.807, 2.05) is 18.9 Å². The van der Waals surface area contributed by atoms with E-state index in [2.05, 4.69) is 48.3 Å². The number of nitrogens with zero attached hydrogens (tertiary/aromatic N) is 4. The van der Waals surface area contributed by atoms with Crippen molar-refractivity contribution in [2.75, 3.05) is 13.6 Å². The number of H-pyrrole nitrogens is 1. The molecule has 0 aromatic carbocycles. The molecule has 0 radical (unpaired) electrons. The molecule has 1 aliphatic carbocycles. The van der Waals surface area contributed by atoms with E-state index in [-0.39, 0.29) is 22.7 Å². The second kappa shape index (κ2) is 5.39. The summed E-state index contributed by atoms with van der Waals surface area (Å²) in [7, 11) is 1.88. The first-order valence-corrected chi connectivity index (χ1v) is 7.69. The number of hydrogen-bond acceptors (Lipinski definition) is 4. The molecule has 0 bridgehead atoms. The van der Waals surface area contributed by atoms with Crippen molar-refractivity contribution in [1.82, 2.24) is 25.5 Å². The highest BCUT2D eigenvalue weighted by Gasteiger charge is 2.54. The third-order valence-corrected chi connectivity index (χ3v) is 5.90. The lowest BCUT2D eigenvalue weighted by atomic mass is 9.65. The van der Waals surface area contributed by atoms with E-state index in [1.165, 1.54) is 0 Å². The first-order chi connectivity index (χ1) is 9.70. The van der Waals surface area contributed by atoms with Crippen molar-refractivity contribution in [2.45, 2.75) is 53.4 Å². The Labute approximate surface area is 126 Å². The Morgan fingerprint density at radius 3 is 2.62 bits per heavy atom. The summed E-state index contributed by atoms with van der Waals surface area (Å²) in [4.78, 5) is 14.8. The number of likely N-dealkylation sites (N-methyl/N-ethyl adjacent to an activating group) is 1. The van der Waals surface area contributed by atoms with Gasteiger partial charge < -0.3 is 4.90 Å². The molecule has 2 rings (SSSR count). The van der Waals surface area contributed by atoms with E-state index in [0.29, 0.717) is 18.3 Å². The van der Waals surface area contributed by atoms with Crippen molar-refractivity contribution in [2.24, 2.45) is 16.7 Å². The van der Waals surface area contributed by atoms with Gasteiger partial charge in [0.1, 0.15) is 0 Å². The number of nitrogens with one attached hydrogen (secondary N) is 1. The van der Waals surface area contributed by atoms with Crippen LogP contribution in [0.5, 0.6) is 0 Å². The molecular weight excluding hydrogens is 266 g/mol. The number of aromatic nitrogens is 4. The van der Waals surface area contributed by atoms with Gasteiger partial charge in [0, 0.05) is 19.5 Å². The summed E-state index contributed by atoms with van der Waals surface area (Å²) in [6, 6.07) is 0. The van der Waals surface area contributed by atoms with Gasteiger partial charge in [-0.05, 0) is 24.2 Å².